The van der Waals surface area contributed by atoms with Crippen LogP contribution in [0.2, 0.25) is 0 Å². The topological polar surface area (TPSA) is 78.7 Å². The van der Waals surface area contributed by atoms with Crippen molar-refractivity contribution < 1.29 is 18.0 Å². The molecule has 0 bridgehead atoms. The van der Waals surface area contributed by atoms with Crippen LogP contribution >= 0.6 is 11.3 Å². The molecule has 0 aliphatic carbocycles. The zero-order chi connectivity index (χ0) is 15.5. The third-order valence-electron chi connectivity index (χ3n) is 2.33. The molecule has 0 aliphatic heterocycles. The first-order valence-corrected chi connectivity index (χ1v) is 6.40. The predicted molar refractivity (Wildman–Crippen MR) is 68.4 cm³/mol. The molecule has 0 spiro atoms. The van der Waals surface area contributed by atoms with Crippen LogP contribution in [0.5, 0.6) is 0 Å². The van der Waals surface area contributed by atoms with Crippen LogP contribution < -0.4 is 5.32 Å². The highest BCUT2D eigenvalue weighted by molar-refractivity contribution is 7.15. The van der Waals surface area contributed by atoms with Crippen molar-refractivity contribution in [2.45, 2.75) is 12.6 Å². The van der Waals surface area contributed by atoms with Gasteiger partial charge in [0.2, 0.25) is 16.0 Å². The maximum Gasteiger partial charge on any atom is 0.445 e. The monoisotopic (exact) mass is 312 g/mol. The van der Waals surface area contributed by atoms with Crippen molar-refractivity contribution in [1.29, 1.82) is 5.26 Å². The molecule has 21 heavy (non-hydrogen) atoms. The molecule has 0 saturated heterocycles. The summed E-state index contributed by atoms with van der Waals surface area (Å²) in [6.07, 6.45) is -4.65. The Morgan fingerprint density at radius 3 is 2.76 bits per heavy atom. The van der Waals surface area contributed by atoms with Crippen molar-refractivity contribution in [2.24, 2.45) is 0 Å². The lowest BCUT2D eigenvalue weighted by Gasteiger charge is -2.02. The summed E-state index contributed by atoms with van der Waals surface area (Å²) in [5.74, 6) is -0.532. The van der Waals surface area contributed by atoms with Crippen LogP contribution in [-0.2, 0) is 17.4 Å². The number of hydrogen-bond donors (Lipinski definition) is 1. The summed E-state index contributed by atoms with van der Waals surface area (Å²) in [5.41, 5.74) is 0.975. The van der Waals surface area contributed by atoms with Gasteiger partial charge < -0.3 is 5.32 Å². The molecule has 1 amide bonds. The van der Waals surface area contributed by atoms with E-state index >= 15 is 0 Å². The predicted octanol–water partition coefficient (Wildman–Crippen LogP) is 2.61. The number of amides is 1. The zero-order valence-electron chi connectivity index (χ0n) is 10.3. The molecule has 0 atom stereocenters. The summed E-state index contributed by atoms with van der Waals surface area (Å²) in [6, 6.07) is 8.31. The van der Waals surface area contributed by atoms with E-state index in [1.54, 1.807) is 18.2 Å². The van der Waals surface area contributed by atoms with Crippen LogP contribution in [0.25, 0.3) is 0 Å². The van der Waals surface area contributed by atoms with Crippen LogP contribution in [-0.4, -0.2) is 16.1 Å². The number of halogens is 3. The summed E-state index contributed by atoms with van der Waals surface area (Å²) in [6.45, 7) is 0. The fourth-order valence-electron chi connectivity index (χ4n) is 1.49. The van der Waals surface area contributed by atoms with Gasteiger partial charge in [0.1, 0.15) is 0 Å². The molecule has 2 aromatic rings. The van der Waals surface area contributed by atoms with Crippen LogP contribution in [0.15, 0.2) is 24.3 Å². The summed E-state index contributed by atoms with van der Waals surface area (Å²) in [4.78, 5) is 11.7. The molecule has 1 aromatic heterocycles. The lowest BCUT2D eigenvalue weighted by atomic mass is 10.1. The maximum atomic E-state index is 12.3. The van der Waals surface area contributed by atoms with E-state index in [0.717, 1.165) is 0 Å². The van der Waals surface area contributed by atoms with Crippen LogP contribution in [0.3, 0.4) is 0 Å². The highest BCUT2D eigenvalue weighted by Gasteiger charge is 2.35. The minimum Gasteiger partial charge on any atom is -0.300 e. The molecule has 0 saturated carbocycles. The number of carbonyl (C=O) groups is 1. The Morgan fingerprint density at radius 2 is 2.14 bits per heavy atom. The number of carbonyl (C=O) groups excluding carboxylic acids is 1. The average Bonchev–Trinajstić information content (AvgIpc) is 2.87. The number of anilines is 1. The van der Waals surface area contributed by atoms with Gasteiger partial charge >= 0.3 is 6.18 Å². The SMILES string of the molecule is N#Cc1cccc(CC(=O)Nc2nnc(C(F)(F)F)s2)c1. The van der Waals surface area contributed by atoms with Crippen molar-refractivity contribution >= 4 is 22.4 Å². The van der Waals surface area contributed by atoms with Gasteiger partial charge in [0.25, 0.3) is 0 Å². The Balaban J connectivity index is 2.02. The Kier molecular flexibility index (Phi) is 4.18. The van der Waals surface area contributed by atoms with E-state index < -0.39 is 17.1 Å². The summed E-state index contributed by atoms with van der Waals surface area (Å²) in [5, 5.41) is 15.9. The van der Waals surface area contributed by atoms with E-state index in [0.29, 0.717) is 11.1 Å². The van der Waals surface area contributed by atoms with Gasteiger partial charge in [-0.1, -0.05) is 23.5 Å². The van der Waals surface area contributed by atoms with Crippen LogP contribution in [0.4, 0.5) is 18.3 Å². The van der Waals surface area contributed by atoms with Gasteiger partial charge in [-0.15, -0.1) is 10.2 Å². The molecule has 1 N–H and O–H groups in total. The first-order chi connectivity index (χ1) is 9.88. The normalized spacial score (nSPS) is 11.0. The van der Waals surface area contributed by atoms with Crippen molar-refractivity contribution in [3.05, 3.63) is 40.4 Å². The van der Waals surface area contributed by atoms with E-state index in [1.165, 1.54) is 6.07 Å². The number of nitrogens with zero attached hydrogens (tertiary/aromatic N) is 3. The van der Waals surface area contributed by atoms with Crippen molar-refractivity contribution in [1.82, 2.24) is 10.2 Å². The fraction of sp³-hybridized carbons (Fsp3) is 0.167. The highest BCUT2D eigenvalue weighted by atomic mass is 32.1. The van der Waals surface area contributed by atoms with Crippen molar-refractivity contribution in [3.8, 4) is 6.07 Å². The zero-order valence-corrected chi connectivity index (χ0v) is 11.1. The van der Waals surface area contributed by atoms with E-state index in [4.69, 9.17) is 5.26 Å². The second-order valence-electron chi connectivity index (χ2n) is 3.95. The van der Waals surface area contributed by atoms with Gasteiger partial charge in [-0.2, -0.15) is 18.4 Å². The third kappa shape index (κ3) is 4.00. The van der Waals surface area contributed by atoms with Gasteiger partial charge in [0.15, 0.2) is 0 Å². The quantitative estimate of drug-likeness (QED) is 0.945. The maximum absolute atomic E-state index is 12.3. The molecule has 108 valence electrons. The largest absolute Gasteiger partial charge is 0.445 e. The van der Waals surface area contributed by atoms with Gasteiger partial charge in [-0.3, -0.25) is 4.79 Å². The van der Waals surface area contributed by atoms with E-state index in [9.17, 15) is 18.0 Å². The van der Waals surface area contributed by atoms with Crippen molar-refractivity contribution in [3.63, 3.8) is 0 Å². The smallest absolute Gasteiger partial charge is 0.300 e. The number of alkyl halides is 3. The van der Waals surface area contributed by atoms with Gasteiger partial charge in [0.05, 0.1) is 18.1 Å². The summed E-state index contributed by atoms with van der Waals surface area (Å²) < 4.78 is 37.0. The second-order valence-corrected chi connectivity index (χ2v) is 4.92. The van der Waals surface area contributed by atoms with Crippen LogP contribution in [0, 0.1) is 11.3 Å². The summed E-state index contributed by atoms with van der Waals surface area (Å²) >= 11 is 0.255. The Morgan fingerprint density at radius 1 is 1.38 bits per heavy atom. The number of aromatic nitrogens is 2. The van der Waals surface area contributed by atoms with Gasteiger partial charge in [-0.05, 0) is 17.7 Å². The number of nitriles is 1. The minimum absolute atomic E-state index is 0.0730. The molecule has 0 fully saturated rings. The lowest BCUT2D eigenvalue weighted by Crippen LogP contribution is -2.14. The number of rotatable bonds is 3. The molecule has 1 aromatic carbocycles. The van der Waals surface area contributed by atoms with E-state index in [1.807, 2.05) is 6.07 Å². The molecule has 0 aliphatic rings. The second kappa shape index (κ2) is 5.88. The Hall–Kier alpha value is -2.47. The number of hydrogen-bond acceptors (Lipinski definition) is 5. The molecular formula is C12H7F3N4OS. The minimum atomic E-state index is -4.58. The van der Waals surface area contributed by atoms with Gasteiger partial charge in [-0.25, -0.2) is 0 Å². The van der Waals surface area contributed by atoms with E-state index in [2.05, 4.69) is 15.5 Å². The first-order valence-electron chi connectivity index (χ1n) is 5.58. The van der Waals surface area contributed by atoms with Gasteiger partial charge in [0, 0.05) is 0 Å². The van der Waals surface area contributed by atoms with E-state index in [-0.39, 0.29) is 22.9 Å². The third-order valence-corrected chi connectivity index (χ3v) is 3.22. The number of benzene rings is 1. The molecule has 0 unspecified atom stereocenters. The molecule has 9 heteroatoms. The lowest BCUT2D eigenvalue weighted by molar-refractivity contribution is -0.138. The molecule has 2 rings (SSSR count). The highest BCUT2D eigenvalue weighted by Crippen LogP contribution is 2.32. The molecular weight excluding hydrogens is 305 g/mol. The average molecular weight is 312 g/mol. The van der Waals surface area contributed by atoms with Crippen LogP contribution in [0.1, 0.15) is 16.1 Å². The standard InChI is InChI=1S/C12H7F3N4OS/c13-12(14,15)10-18-19-11(21-10)17-9(20)5-7-2-1-3-8(4-7)6-16/h1-4H,5H2,(H,17,19,20). The molecule has 0 radical (unpaired) electrons. The summed E-state index contributed by atoms with van der Waals surface area (Å²) in [7, 11) is 0. The first kappa shape index (κ1) is 14.9. The Bertz CT molecular complexity index is 705. The number of nitrogens with one attached hydrogen (secondary N) is 1. The van der Waals surface area contributed by atoms with Crippen molar-refractivity contribution in [2.75, 3.05) is 5.32 Å². The Labute approximate surface area is 121 Å². The fourth-order valence-corrected chi connectivity index (χ4v) is 2.12. The molecule has 1 heterocycles. The molecule has 5 nitrogen and oxygen atoms in total.